The molecule has 0 heterocycles. The predicted molar refractivity (Wildman–Crippen MR) is 253 cm³/mol. The molecule has 0 atom stereocenters. The summed E-state index contributed by atoms with van der Waals surface area (Å²) in [6.45, 7) is 6.77. The van der Waals surface area contributed by atoms with Gasteiger partial charge in [-0.3, -0.25) is 0 Å². The van der Waals surface area contributed by atoms with Crippen LogP contribution in [-0.2, 0) is 14.4 Å². The number of allylic oxidation sites excluding steroid dienone is 6. The van der Waals surface area contributed by atoms with E-state index in [2.05, 4.69) is 57.2 Å². The summed E-state index contributed by atoms with van der Waals surface area (Å²) in [5.41, 5.74) is 0. The monoisotopic (exact) mass is 1010 g/mol. The number of carbonyl (C=O) groups excluding carboxylic acids is 3. The molecule has 0 aliphatic rings. The number of unbranched alkanes of at least 4 members (excludes halogenated alkanes) is 33. The maximum Gasteiger partial charge on any atom is 3.00 e. The zero-order valence-electron chi connectivity index (χ0n) is 40.4. The Hall–Kier alpha value is -1.10. The molecule has 6 nitrogen and oxygen atoms in total. The minimum absolute atomic E-state index is 0. The van der Waals surface area contributed by atoms with Crippen molar-refractivity contribution in [3.8, 4) is 0 Å². The molecule has 0 aromatic rings. The van der Waals surface area contributed by atoms with Crippen LogP contribution in [0.1, 0.15) is 290 Å². The SMILES string of the molecule is CCCCCCCCC=CCCCCCCCC(=O)[O-].CCCCCCCCC=CCCCCCCCC(=O)[O-].CCCCCCCCC=CCCCCCCCC(=O)[O-].[Dy+3]. The van der Waals surface area contributed by atoms with Crippen LogP contribution in [0.4, 0.5) is 0 Å². The quantitative estimate of drug-likeness (QED) is 0.0443. The predicted octanol–water partition coefficient (Wildman–Crippen LogP) is 14.3. The average Bonchev–Trinajstić information content (AvgIpc) is 3.22. The zero-order valence-corrected chi connectivity index (χ0v) is 42.5. The van der Waals surface area contributed by atoms with E-state index in [0.717, 1.165) is 57.8 Å². The van der Waals surface area contributed by atoms with Gasteiger partial charge in [-0.1, -0.05) is 211 Å². The summed E-state index contributed by atoms with van der Waals surface area (Å²) in [5.74, 6) is -2.74. The van der Waals surface area contributed by atoms with Crippen molar-refractivity contribution in [2.45, 2.75) is 290 Å². The van der Waals surface area contributed by atoms with Crippen LogP contribution in [0.25, 0.3) is 0 Å². The van der Waals surface area contributed by atoms with E-state index in [1.165, 1.54) is 193 Å². The molecule has 0 fully saturated rings. The van der Waals surface area contributed by atoms with Crippen LogP contribution in [0.3, 0.4) is 0 Å². The molecule has 0 amide bonds. The topological polar surface area (TPSA) is 120 Å². The second-order valence-corrected chi connectivity index (χ2v) is 17.1. The molecule has 0 saturated heterocycles. The first-order valence-electron chi connectivity index (χ1n) is 25.9. The number of carboxylic acids is 3. The van der Waals surface area contributed by atoms with Crippen molar-refractivity contribution in [1.82, 2.24) is 0 Å². The first-order valence-corrected chi connectivity index (χ1v) is 25.9. The fraction of sp³-hybridized carbons (Fsp3) is 0.833. The van der Waals surface area contributed by atoms with Gasteiger partial charge in [-0.2, -0.15) is 0 Å². The van der Waals surface area contributed by atoms with E-state index in [9.17, 15) is 29.7 Å². The number of aliphatic carboxylic acids is 3. The van der Waals surface area contributed by atoms with Crippen LogP contribution >= 0.6 is 0 Å². The molecule has 0 aliphatic heterocycles. The number of hydrogen-bond donors (Lipinski definition) is 0. The summed E-state index contributed by atoms with van der Waals surface area (Å²) in [7, 11) is 0. The van der Waals surface area contributed by atoms with E-state index in [4.69, 9.17) is 0 Å². The Bertz CT molecular complexity index is 827. The Morgan fingerprint density at radius 3 is 0.574 bits per heavy atom. The third-order valence-corrected chi connectivity index (χ3v) is 10.9. The third kappa shape index (κ3) is 76.6. The van der Waals surface area contributed by atoms with Crippen molar-refractivity contribution in [3.05, 3.63) is 36.5 Å². The first-order chi connectivity index (χ1) is 29.3. The Balaban J connectivity index is -0.000000396. The number of hydrogen-bond acceptors (Lipinski definition) is 6. The normalized spacial score (nSPS) is 11.1. The Kier molecular flexibility index (Phi) is 68.9. The van der Waals surface area contributed by atoms with E-state index in [1.54, 1.807) is 0 Å². The number of carbonyl (C=O) groups is 3. The maximum absolute atomic E-state index is 10.2. The van der Waals surface area contributed by atoms with Crippen LogP contribution < -0.4 is 15.3 Å². The van der Waals surface area contributed by atoms with E-state index in [1.807, 2.05) is 0 Å². The van der Waals surface area contributed by atoms with Crippen molar-refractivity contribution in [2.75, 3.05) is 0 Å². The molecule has 0 aromatic carbocycles. The Morgan fingerprint density at radius 2 is 0.410 bits per heavy atom. The maximum atomic E-state index is 10.2. The molecule has 0 aromatic heterocycles. The number of carboxylic acid groups (broad SMARTS) is 3. The minimum Gasteiger partial charge on any atom is -0.550 e. The van der Waals surface area contributed by atoms with E-state index in [-0.39, 0.29) is 57.4 Å². The van der Waals surface area contributed by atoms with Crippen molar-refractivity contribution in [3.63, 3.8) is 0 Å². The van der Waals surface area contributed by atoms with Crippen LogP contribution in [0.2, 0.25) is 0 Å². The van der Waals surface area contributed by atoms with Gasteiger partial charge in [0.1, 0.15) is 0 Å². The first kappa shape index (κ1) is 66.5. The van der Waals surface area contributed by atoms with Gasteiger partial charge in [0.05, 0.1) is 0 Å². The smallest absolute Gasteiger partial charge is 0.550 e. The molecule has 361 valence electrons. The Labute approximate surface area is 409 Å². The van der Waals surface area contributed by atoms with Crippen molar-refractivity contribution >= 4 is 17.9 Å². The molecular weight excluding hydrogens is 907 g/mol. The van der Waals surface area contributed by atoms with Gasteiger partial charge in [-0.05, 0) is 116 Å². The van der Waals surface area contributed by atoms with Gasteiger partial charge < -0.3 is 29.7 Å². The molecule has 61 heavy (non-hydrogen) atoms. The molecule has 0 N–H and O–H groups in total. The van der Waals surface area contributed by atoms with Crippen molar-refractivity contribution in [1.29, 1.82) is 0 Å². The standard InChI is InChI=1S/3C18H34O2.Dy/c3*1-2-3-4-5-6-7-8-9-10-11-12-13-14-15-16-17-18(19)20;/h3*9-10H,2-8,11-17H2,1H3,(H,19,20);/q;;;+3/p-3. The average molecular weight is 1010 g/mol. The largest absolute Gasteiger partial charge is 3.00 e. The van der Waals surface area contributed by atoms with Gasteiger partial charge in [-0.15, -0.1) is 0 Å². The van der Waals surface area contributed by atoms with E-state index < -0.39 is 17.9 Å². The molecule has 0 spiro atoms. The van der Waals surface area contributed by atoms with Crippen LogP contribution in [0, 0.1) is 38.2 Å². The second-order valence-electron chi connectivity index (χ2n) is 17.1. The van der Waals surface area contributed by atoms with Gasteiger partial charge in [0.2, 0.25) is 0 Å². The van der Waals surface area contributed by atoms with Gasteiger partial charge >= 0.3 is 38.2 Å². The van der Waals surface area contributed by atoms with Crippen molar-refractivity contribution in [2.24, 2.45) is 0 Å². The molecular formula is C54H99DyO6. The van der Waals surface area contributed by atoms with Gasteiger partial charge in [0.25, 0.3) is 0 Å². The Morgan fingerprint density at radius 1 is 0.262 bits per heavy atom. The summed E-state index contributed by atoms with van der Waals surface area (Å²) in [6.07, 6.45) is 62.7. The molecule has 0 unspecified atom stereocenters. The van der Waals surface area contributed by atoms with Gasteiger partial charge in [-0.25, -0.2) is 0 Å². The molecule has 0 bridgehead atoms. The van der Waals surface area contributed by atoms with E-state index in [0.29, 0.717) is 0 Å². The molecule has 7 heteroatoms. The summed E-state index contributed by atoms with van der Waals surface area (Å²) >= 11 is 0. The molecule has 0 saturated carbocycles. The van der Waals surface area contributed by atoms with Crippen LogP contribution in [0.5, 0.6) is 0 Å². The minimum atomic E-state index is -0.914. The second kappa shape index (κ2) is 63.2. The molecule has 0 rings (SSSR count). The van der Waals surface area contributed by atoms with Crippen molar-refractivity contribution < 1.29 is 67.9 Å². The zero-order chi connectivity index (χ0) is 44.7. The fourth-order valence-corrected chi connectivity index (χ4v) is 7.02. The summed E-state index contributed by atoms with van der Waals surface area (Å²) in [5, 5.41) is 30.6. The van der Waals surface area contributed by atoms with E-state index >= 15 is 0 Å². The van der Waals surface area contributed by atoms with Gasteiger partial charge in [0, 0.05) is 17.9 Å². The molecule has 0 aliphatic carbocycles. The number of rotatable bonds is 45. The summed E-state index contributed by atoms with van der Waals surface area (Å²) in [6, 6.07) is 0. The summed E-state index contributed by atoms with van der Waals surface area (Å²) < 4.78 is 0. The third-order valence-electron chi connectivity index (χ3n) is 10.9. The van der Waals surface area contributed by atoms with Gasteiger partial charge in [0.15, 0.2) is 0 Å². The van der Waals surface area contributed by atoms with Crippen LogP contribution in [-0.4, -0.2) is 17.9 Å². The van der Waals surface area contributed by atoms with Crippen LogP contribution in [0.15, 0.2) is 36.5 Å². The molecule has 1 radical (unpaired) electrons. The summed E-state index contributed by atoms with van der Waals surface area (Å²) in [4.78, 5) is 30.6. The fourth-order valence-electron chi connectivity index (χ4n) is 7.02.